The molecule has 0 aliphatic heterocycles. The zero-order valence-corrected chi connectivity index (χ0v) is 15.4. The van der Waals surface area contributed by atoms with Gasteiger partial charge in [-0.1, -0.05) is 25.7 Å². The molecule has 118 valence electrons. The summed E-state index contributed by atoms with van der Waals surface area (Å²) >= 11 is 0. The summed E-state index contributed by atoms with van der Waals surface area (Å²) in [6.07, 6.45) is 1.15. The van der Waals surface area contributed by atoms with Crippen molar-refractivity contribution in [3.05, 3.63) is 29.8 Å². The topological polar surface area (TPSA) is 24.8 Å². The van der Waals surface area contributed by atoms with Crippen LogP contribution in [-0.4, -0.2) is 46.1 Å². The summed E-state index contributed by atoms with van der Waals surface area (Å²) < 4.78 is 5.83. The van der Waals surface area contributed by atoms with Gasteiger partial charge < -0.3 is 9.64 Å². The Morgan fingerprint density at radius 1 is 1.19 bits per heavy atom. The van der Waals surface area contributed by atoms with Crippen LogP contribution in [0.1, 0.15) is 18.9 Å². The van der Waals surface area contributed by atoms with Crippen LogP contribution in [0, 0.1) is 0 Å². The van der Waals surface area contributed by atoms with Crippen LogP contribution in [0.15, 0.2) is 29.3 Å². The van der Waals surface area contributed by atoms with E-state index in [0.717, 1.165) is 36.7 Å². The van der Waals surface area contributed by atoms with Gasteiger partial charge in [0.1, 0.15) is 11.6 Å². The van der Waals surface area contributed by atoms with Crippen LogP contribution >= 0.6 is 0 Å². The molecule has 0 unspecified atom stereocenters. The van der Waals surface area contributed by atoms with Crippen LogP contribution in [0.4, 0.5) is 0 Å². The molecular weight excluding hydrogens is 276 g/mol. The maximum atomic E-state index is 5.83. The number of aliphatic imine (C=N–C) groups is 1. The van der Waals surface area contributed by atoms with E-state index in [1.165, 1.54) is 6.04 Å². The number of ether oxygens (including phenoxy) is 1. The molecule has 0 spiro atoms. The fourth-order valence-electron chi connectivity index (χ4n) is 2.16. The molecule has 1 aromatic rings. The lowest BCUT2D eigenvalue weighted by Gasteiger charge is -2.19. The molecule has 0 aliphatic rings. The Balaban J connectivity index is 2.54. The SMILES string of the molecule is CCN(C)C(=NC)c1ccc(OCCC[Si](C)(C)C)cc1. The van der Waals surface area contributed by atoms with E-state index >= 15 is 0 Å². The summed E-state index contributed by atoms with van der Waals surface area (Å²) in [5.41, 5.74) is 1.14. The molecule has 0 fully saturated rings. The molecule has 0 N–H and O–H groups in total. The molecule has 4 heteroatoms. The van der Waals surface area contributed by atoms with E-state index in [-0.39, 0.29) is 0 Å². The van der Waals surface area contributed by atoms with Gasteiger partial charge in [0.2, 0.25) is 0 Å². The lowest BCUT2D eigenvalue weighted by molar-refractivity contribution is 0.317. The Bertz CT molecular complexity index is 449. The summed E-state index contributed by atoms with van der Waals surface area (Å²) in [4.78, 5) is 6.51. The second kappa shape index (κ2) is 8.22. The first-order valence-corrected chi connectivity index (χ1v) is 11.5. The highest BCUT2D eigenvalue weighted by atomic mass is 28.3. The van der Waals surface area contributed by atoms with Crippen molar-refractivity contribution in [3.8, 4) is 5.75 Å². The standard InChI is InChI=1S/C17H30N2OSi/c1-7-19(3)17(18-2)15-9-11-16(12-10-15)20-13-8-14-21(4,5)6/h9-12H,7-8,13-14H2,1-6H3. The normalized spacial score (nSPS) is 12.4. The van der Waals surface area contributed by atoms with Crippen molar-refractivity contribution in [2.75, 3.05) is 27.2 Å². The molecule has 1 rings (SSSR count). The van der Waals surface area contributed by atoms with E-state index in [2.05, 4.69) is 55.6 Å². The highest BCUT2D eigenvalue weighted by molar-refractivity contribution is 6.76. The minimum Gasteiger partial charge on any atom is -0.494 e. The van der Waals surface area contributed by atoms with Crippen molar-refractivity contribution in [1.29, 1.82) is 0 Å². The van der Waals surface area contributed by atoms with Crippen molar-refractivity contribution < 1.29 is 4.74 Å². The number of hydrogen-bond acceptors (Lipinski definition) is 2. The summed E-state index contributed by atoms with van der Waals surface area (Å²) in [5.74, 6) is 1.96. The maximum Gasteiger partial charge on any atom is 0.130 e. The van der Waals surface area contributed by atoms with Crippen LogP contribution < -0.4 is 4.74 Å². The van der Waals surface area contributed by atoms with Crippen LogP contribution in [0.25, 0.3) is 0 Å². The van der Waals surface area contributed by atoms with Crippen molar-refractivity contribution >= 4 is 13.9 Å². The Morgan fingerprint density at radius 3 is 2.29 bits per heavy atom. The average Bonchev–Trinajstić information content (AvgIpc) is 2.44. The van der Waals surface area contributed by atoms with Gasteiger partial charge in [0.15, 0.2) is 0 Å². The van der Waals surface area contributed by atoms with E-state index in [1.54, 1.807) is 0 Å². The molecule has 0 aromatic heterocycles. The molecule has 0 heterocycles. The van der Waals surface area contributed by atoms with Gasteiger partial charge in [-0.15, -0.1) is 0 Å². The van der Waals surface area contributed by atoms with Crippen molar-refractivity contribution in [3.63, 3.8) is 0 Å². The first-order valence-electron chi connectivity index (χ1n) is 7.78. The Hall–Kier alpha value is -1.29. The van der Waals surface area contributed by atoms with Crippen molar-refractivity contribution in [2.45, 2.75) is 39.0 Å². The molecule has 0 atom stereocenters. The molecule has 21 heavy (non-hydrogen) atoms. The molecule has 0 aliphatic carbocycles. The van der Waals surface area contributed by atoms with Gasteiger partial charge in [-0.3, -0.25) is 4.99 Å². The molecule has 0 saturated heterocycles. The monoisotopic (exact) mass is 306 g/mol. The smallest absolute Gasteiger partial charge is 0.130 e. The Labute approximate surface area is 131 Å². The van der Waals surface area contributed by atoms with Crippen LogP contribution in [-0.2, 0) is 0 Å². The van der Waals surface area contributed by atoms with Gasteiger partial charge in [0, 0.05) is 34.3 Å². The second-order valence-corrected chi connectivity index (χ2v) is 12.2. The first kappa shape index (κ1) is 17.8. The number of amidine groups is 1. The van der Waals surface area contributed by atoms with Gasteiger partial charge in [-0.05, 0) is 37.6 Å². The fourth-order valence-corrected chi connectivity index (χ4v) is 3.37. The largest absolute Gasteiger partial charge is 0.494 e. The predicted molar refractivity (Wildman–Crippen MR) is 95.5 cm³/mol. The molecule has 0 radical (unpaired) electrons. The molecule has 0 saturated carbocycles. The van der Waals surface area contributed by atoms with Gasteiger partial charge >= 0.3 is 0 Å². The zero-order valence-electron chi connectivity index (χ0n) is 14.4. The molecule has 0 amide bonds. The molecule has 0 bridgehead atoms. The van der Waals surface area contributed by atoms with E-state index < -0.39 is 8.07 Å². The fraction of sp³-hybridized carbons (Fsp3) is 0.588. The summed E-state index contributed by atoms with van der Waals surface area (Å²) in [5, 5.41) is 0. The third-order valence-corrected chi connectivity index (χ3v) is 5.35. The molecule has 1 aromatic carbocycles. The van der Waals surface area contributed by atoms with Crippen molar-refractivity contribution in [1.82, 2.24) is 4.90 Å². The van der Waals surface area contributed by atoms with Crippen LogP contribution in [0.5, 0.6) is 5.75 Å². The summed E-state index contributed by atoms with van der Waals surface area (Å²) in [6, 6.07) is 9.57. The number of rotatable bonds is 7. The van der Waals surface area contributed by atoms with Crippen LogP contribution in [0.2, 0.25) is 25.7 Å². The van der Waals surface area contributed by atoms with Gasteiger partial charge in [0.05, 0.1) is 6.61 Å². The van der Waals surface area contributed by atoms with Crippen molar-refractivity contribution in [2.24, 2.45) is 4.99 Å². The van der Waals surface area contributed by atoms with Gasteiger partial charge in [0.25, 0.3) is 0 Å². The van der Waals surface area contributed by atoms with E-state index in [9.17, 15) is 0 Å². The quantitative estimate of drug-likeness (QED) is 0.327. The number of nitrogens with zero attached hydrogens (tertiary/aromatic N) is 2. The predicted octanol–water partition coefficient (Wildman–Crippen LogP) is 4.12. The lowest BCUT2D eigenvalue weighted by Crippen LogP contribution is -2.27. The first-order chi connectivity index (χ1) is 9.87. The third-order valence-electron chi connectivity index (χ3n) is 3.50. The van der Waals surface area contributed by atoms with Crippen LogP contribution in [0.3, 0.4) is 0 Å². The zero-order chi connectivity index (χ0) is 15.9. The third kappa shape index (κ3) is 6.34. The van der Waals surface area contributed by atoms with Gasteiger partial charge in [-0.25, -0.2) is 0 Å². The van der Waals surface area contributed by atoms with Gasteiger partial charge in [-0.2, -0.15) is 0 Å². The molecule has 3 nitrogen and oxygen atoms in total. The minimum absolute atomic E-state index is 0.813. The molecular formula is C17H30N2OSi. The second-order valence-electron chi connectivity index (χ2n) is 6.60. The summed E-state index contributed by atoms with van der Waals surface area (Å²) in [6.45, 7) is 11.1. The Morgan fingerprint density at radius 2 is 1.81 bits per heavy atom. The summed E-state index contributed by atoms with van der Waals surface area (Å²) in [7, 11) is 2.95. The highest BCUT2D eigenvalue weighted by Gasteiger charge is 2.12. The van der Waals surface area contributed by atoms with E-state index in [0.29, 0.717) is 0 Å². The highest BCUT2D eigenvalue weighted by Crippen LogP contribution is 2.16. The van der Waals surface area contributed by atoms with E-state index in [1.807, 2.05) is 19.2 Å². The lowest BCUT2D eigenvalue weighted by atomic mass is 10.2. The number of benzene rings is 1. The van der Waals surface area contributed by atoms with E-state index in [4.69, 9.17) is 4.74 Å². The Kier molecular flexibility index (Phi) is 6.95. The maximum absolute atomic E-state index is 5.83. The number of hydrogen-bond donors (Lipinski definition) is 0. The minimum atomic E-state index is -0.942. The average molecular weight is 307 g/mol.